The molecule has 1 fully saturated rings. The minimum atomic E-state index is 0.0640. The number of anilines is 3. The van der Waals surface area contributed by atoms with Gasteiger partial charge in [-0.15, -0.1) is 0 Å². The third-order valence-corrected chi connectivity index (χ3v) is 7.33. The van der Waals surface area contributed by atoms with E-state index in [0.29, 0.717) is 28.3 Å². The van der Waals surface area contributed by atoms with Gasteiger partial charge >= 0.3 is 0 Å². The Hall–Kier alpha value is -3.37. The molecule has 2 aliphatic heterocycles. The Morgan fingerprint density at radius 3 is 2.79 bits per heavy atom. The third-order valence-electron chi connectivity index (χ3n) is 7.11. The molecule has 1 aromatic carbocycles. The SMILES string of the molecule is COc1cc(Cl)cc(Nc2ncc3c(n2)CN([C@@H]2CCN(C(=O)c4ccnc(NB(C)C)c4)[C@H](C)C2)C3)c1. The Balaban J connectivity index is 1.21. The second kappa shape index (κ2) is 11.2. The van der Waals surface area contributed by atoms with Crippen LogP contribution in [0, 0.1) is 0 Å². The molecule has 0 saturated carbocycles. The molecule has 1 saturated heterocycles. The number of methoxy groups -OCH3 is 1. The quantitative estimate of drug-likeness (QED) is 0.412. The van der Waals surface area contributed by atoms with Gasteiger partial charge in [0.2, 0.25) is 12.8 Å². The van der Waals surface area contributed by atoms with Crippen LogP contribution in [-0.2, 0) is 13.1 Å². The minimum Gasteiger partial charge on any atom is -0.497 e. The summed E-state index contributed by atoms with van der Waals surface area (Å²) in [6.07, 6.45) is 5.44. The predicted molar refractivity (Wildman–Crippen MR) is 151 cm³/mol. The van der Waals surface area contributed by atoms with Crippen LogP contribution in [0.4, 0.5) is 17.5 Å². The van der Waals surface area contributed by atoms with Crippen LogP contribution in [0.5, 0.6) is 5.75 Å². The summed E-state index contributed by atoms with van der Waals surface area (Å²) < 4.78 is 5.30. The monoisotopic (exact) mass is 533 g/mol. The summed E-state index contributed by atoms with van der Waals surface area (Å²) in [4.78, 5) is 31.4. The van der Waals surface area contributed by atoms with Gasteiger partial charge in [0.1, 0.15) is 11.6 Å². The first-order valence-electron chi connectivity index (χ1n) is 13.0. The van der Waals surface area contributed by atoms with Crippen LogP contribution in [0.2, 0.25) is 18.7 Å². The molecule has 2 aliphatic rings. The summed E-state index contributed by atoms with van der Waals surface area (Å²) in [5, 5.41) is 7.10. The third kappa shape index (κ3) is 5.86. The topological polar surface area (TPSA) is 95.5 Å². The van der Waals surface area contributed by atoms with Crippen LogP contribution >= 0.6 is 11.6 Å². The Morgan fingerprint density at radius 2 is 2.03 bits per heavy atom. The van der Waals surface area contributed by atoms with Crippen molar-refractivity contribution in [3.05, 3.63) is 64.6 Å². The maximum atomic E-state index is 13.3. The van der Waals surface area contributed by atoms with Crippen molar-refractivity contribution in [2.45, 2.75) is 58.6 Å². The van der Waals surface area contributed by atoms with Crippen molar-refractivity contribution in [2.24, 2.45) is 0 Å². The van der Waals surface area contributed by atoms with Gasteiger partial charge in [-0.1, -0.05) is 25.2 Å². The molecule has 0 spiro atoms. The zero-order valence-electron chi connectivity index (χ0n) is 22.2. The van der Waals surface area contributed by atoms with E-state index in [9.17, 15) is 4.79 Å². The molecule has 38 heavy (non-hydrogen) atoms. The zero-order valence-corrected chi connectivity index (χ0v) is 23.0. The summed E-state index contributed by atoms with van der Waals surface area (Å²) in [5.41, 5.74) is 3.63. The summed E-state index contributed by atoms with van der Waals surface area (Å²) in [5.74, 6) is 2.00. The molecule has 0 unspecified atom stereocenters. The van der Waals surface area contributed by atoms with E-state index in [1.807, 2.05) is 29.3 Å². The second-order valence-electron chi connectivity index (χ2n) is 10.3. The van der Waals surface area contributed by atoms with Gasteiger partial charge in [0.25, 0.3) is 5.91 Å². The van der Waals surface area contributed by atoms with Crippen LogP contribution in [0.3, 0.4) is 0 Å². The lowest BCUT2D eigenvalue weighted by Crippen LogP contribution is -2.50. The number of ether oxygens (including phenoxy) is 1. The number of fused-ring (bicyclic) bond motifs is 1. The highest BCUT2D eigenvalue weighted by Gasteiger charge is 2.35. The summed E-state index contributed by atoms with van der Waals surface area (Å²) in [6.45, 7) is 8.82. The highest BCUT2D eigenvalue weighted by molar-refractivity contribution is 6.59. The van der Waals surface area contributed by atoms with E-state index in [1.165, 1.54) is 0 Å². The molecule has 0 aliphatic carbocycles. The molecule has 4 heterocycles. The number of amides is 1. The number of aromatic nitrogens is 3. The molecule has 0 bridgehead atoms. The number of halogens is 1. The van der Waals surface area contributed by atoms with Crippen molar-refractivity contribution in [3.8, 4) is 5.75 Å². The maximum absolute atomic E-state index is 13.3. The van der Waals surface area contributed by atoms with Gasteiger partial charge < -0.3 is 20.2 Å². The van der Waals surface area contributed by atoms with Crippen LogP contribution in [0.25, 0.3) is 0 Å². The predicted octanol–water partition coefficient (Wildman–Crippen LogP) is 4.95. The summed E-state index contributed by atoms with van der Waals surface area (Å²) >= 11 is 6.20. The van der Waals surface area contributed by atoms with Crippen LogP contribution in [-0.4, -0.2) is 63.2 Å². The van der Waals surface area contributed by atoms with Crippen molar-refractivity contribution < 1.29 is 9.53 Å². The molecule has 1 amide bonds. The molecule has 0 radical (unpaired) electrons. The normalized spacial score (nSPS) is 19.1. The fourth-order valence-electron chi connectivity index (χ4n) is 5.26. The average Bonchev–Trinajstić information content (AvgIpc) is 3.31. The summed E-state index contributed by atoms with van der Waals surface area (Å²) in [7, 11) is 1.61. The van der Waals surface area contributed by atoms with Crippen molar-refractivity contribution in [1.29, 1.82) is 0 Å². The highest BCUT2D eigenvalue weighted by atomic mass is 35.5. The maximum Gasteiger partial charge on any atom is 0.254 e. The average molecular weight is 534 g/mol. The van der Waals surface area contributed by atoms with E-state index >= 15 is 0 Å². The number of nitrogens with one attached hydrogen (secondary N) is 2. The van der Waals surface area contributed by atoms with Gasteiger partial charge in [0.05, 0.1) is 12.8 Å². The molecule has 9 nitrogen and oxygen atoms in total. The van der Waals surface area contributed by atoms with Gasteiger partial charge in [-0.05, 0) is 44.0 Å². The van der Waals surface area contributed by atoms with E-state index in [2.05, 4.69) is 46.0 Å². The minimum absolute atomic E-state index is 0.0640. The Bertz CT molecular complexity index is 1320. The standard InChI is InChI=1S/C27H33BClN7O2/c1-17-9-22(6-8-36(17)26(37)18-5-7-30-25(10-18)34-28(2)3)35-15-19-14-31-27(33-24(19)16-35)32-21-11-20(29)12-23(13-21)38-4/h5,7,10-14,17,22H,6,8-9,15-16H2,1-4H3,(H,30,34)(H,31,32,33)/t17-,22-/m1/s1. The first kappa shape index (κ1) is 26.3. The van der Waals surface area contributed by atoms with Crippen molar-refractivity contribution in [2.75, 3.05) is 24.2 Å². The van der Waals surface area contributed by atoms with E-state index in [-0.39, 0.29) is 18.8 Å². The molecule has 2 N–H and O–H groups in total. The number of benzene rings is 1. The molecule has 2 aromatic heterocycles. The number of hydrogen-bond acceptors (Lipinski definition) is 8. The van der Waals surface area contributed by atoms with Gasteiger partial charge in [0, 0.05) is 72.0 Å². The number of hydrogen-bond donors (Lipinski definition) is 2. The molecule has 5 rings (SSSR count). The highest BCUT2D eigenvalue weighted by Crippen LogP contribution is 2.31. The Labute approximate surface area is 229 Å². The number of rotatable bonds is 7. The number of likely N-dealkylation sites (tertiary alicyclic amines) is 1. The Kier molecular flexibility index (Phi) is 7.72. The first-order chi connectivity index (χ1) is 18.3. The zero-order chi connectivity index (χ0) is 26.8. The fraction of sp³-hybridized carbons (Fsp3) is 0.407. The lowest BCUT2D eigenvalue weighted by Gasteiger charge is -2.41. The van der Waals surface area contributed by atoms with Gasteiger partial charge in [-0.2, -0.15) is 0 Å². The summed E-state index contributed by atoms with van der Waals surface area (Å²) in [6, 6.07) is 9.60. The van der Waals surface area contributed by atoms with Crippen molar-refractivity contribution in [1.82, 2.24) is 24.8 Å². The lowest BCUT2D eigenvalue weighted by atomic mass is 9.69. The van der Waals surface area contributed by atoms with Crippen LogP contribution in [0.15, 0.2) is 42.7 Å². The lowest BCUT2D eigenvalue weighted by molar-refractivity contribution is 0.0460. The number of carbonyl (C=O) groups excluding carboxylic acids is 1. The van der Waals surface area contributed by atoms with E-state index in [1.54, 1.807) is 25.4 Å². The number of nitrogens with zero attached hydrogens (tertiary/aromatic N) is 5. The largest absolute Gasteiger partial charge is 0.497 e. The second-order valence-corrected chi connectivity index (χ2v) is 10.8. The van der Waals surface area contributed by atoms with Gasteiger partial charge in [-0.3, -0.25) is 9.69 Å². The van der Waals surface area contributed by atoms with E-state index < -0.39 is 0 Å². The van der Waals surface area contributed by atoms with Gasteiger partial charge in [-0.25, -0.2) is 15.0 Å². The first-order valence-corrected chi connectivity index (χ1v) is 13.4. The van der Waals surface area contributed by atoms with Gasteiger partial charge in [0.15, 0.2) is 0 Å². The van der Waals surface area contributed by atoms with Crippen molar-refractivity contribution >= 4 is 41.8 Å². The van der Waals surface area contributed by atoms with E-state index in [4.69, 9.17) is 21.3 Å². The molecule has 11 heteroatoms. The molecular weight excluding hydrogens is 501 g/mol. The van der Waals surface area contributed by atoms with Crippen LogP contribution < -0.4 is 15.3 Å². The van der Waals surface area contributed by atoms with Crippen LogP contribution in [0.1, 0.15) is 41.4 Å². The van der Waals surface area contributed by atoms with Crippen molar-refractivity contribution in [3.63, 3.8) is 0 Å². The number of carbonyl (C=O) groups is 1. The molecular formula is C27H33BClN7O2. The Morgan fingerprint density at radius 1 is 1.18 bits per heavy atom. The molecule has 3 aromatic rings. The number of pyridine rings is 1. The molecule has 198 valence electrons. The molecule has 2 atom stereocenters. The van der Waals surface area contributed by atoms with E-state index in [0.717, 1.165) is 55.2 Å². The number of piperidine rings is 1. The smallest absolute Gasteiger partial charge is 0.254 e. The fourth-order valence-corrected chi connectivity index (χ4v) is 5.49.